The van der Waals surface area contributed by atoms with Crippen LogP contribution in [0.3, 0.4) is 0 Å². The minimum Gasteiger partial charge on any atom is -0.309 e. The predicted molar refractivity (Wildman–Crippen MR) is 263 cm³/mol. The summed E-state index contributed by atoms with van der Waals surface area (Å²) in [6.45, 7) is 0. The molecule has 0 unspecified atom stereocenters. The van der Waals surface area contributed by atoms with Gasteiger partial charge in [-0.2, -0.15) is 0 Å². The van der Waals surface area contributed by atoms with E-state index in [0.717, 1.165) is 95.5 Å². The summed E-state index contributed by atoms with van der Waals surface area (Å²) in [4.78, 5) is 17.9. The third-order valence-electron chi connectivity index (χ3n) is 12.2. The summed E-state index contributed by atoms with van der Waals surface area (Å²) in [6, 6.07) is 81.3. The average molecular weight is 818 g/mol. The molecule has 5 heteroatoms. The number of para-hydroxylation sites is 3. The minimum absolute atomic E-state index is 0.685. The molecular weight excluding hydrogens is 779 g/mol. The first-order chi connectivity index (χ1) is 31.8. The number of benzene rings is 8. The number of aromatic nitrogens is 4. The number of nitrogens with zero attached hydrogens (tertiary/aromatic N) is 5. The van der Waals surface area contributed by atoms with E-state index in [4.69, 9.17) is 15.0 Å². The Morgan fingerprint density at radius 2 is 0.891 bits per heavy atom. The van der Waals surface area contributed by atoms with Gasteiger partial charge in [0.15, 0.2) is 5.82 Å². The van der Waals surface area contributed by atoms with Gasteiger partial charge in [-0.05, 0) is 70.8 Å². The van der Waals surface area contributed by atoms with Gasteiger partial charge < -0.3 is 4.90 Å². The van der Waals surface area contributed by atoms with Crippen LogP contribution in [0.15, 0.2) is 237 Å². The van der Waals surface area contributed by atoms with Crippen LogP contribution in [0.5, 0.6) is 0 Å². The molecule has 0 N–H and O–H groups in total. The lowest BCUT2D eigenvalue weighted by molar-refractivity contribution is 1.05. The van der Waals surface area contributed by atoms with Crippen molar-refractivity contribution in [2.45, 2.75) is 0 Å². The fourth-order valence-electron chi connectivity index (χ4n) is 9.31. The monoisotopic (exact) mass is 817 g/mol. The molecule has 64 heavy (non-hydrogen) atoms. The van der Waals surface area contributed by atoms with E-state index in [9.17, 15) is 0 Å². The first kappa shape index (κ1) is 37.1. The molecule has 0 saturated carbocycles. The molecule has 1 aliphatic heterocycles. The molecule has 0 saturated heterocycles. The van der Waals surface area contributed by atoms with Gasteiger partial charge in [-0.3, -0.25) is 4.57 Å². The lowest BCUT2D eigenvalue weighted by atomic mass is 9.97. The van der Waals surface area contributed by atoms with E-state index in [0.29, 0.717) is 5.82 Å². The lowest BCUT2D eigenvalue weighted by Crippen LogP contribution is -2.11. The highest BCUT2D eigenvalue weighted by Crippen LogP contribution is 2.54. The smallest absolute Gasteiger partial charge is 0.161 e. The number of hydrogen-bond acceptors (Lipinski definition) is 4. The molecule has 5 nitrogen and oxygen atoms in total. The Morgan fingerprint density at radius 3 is 1.56 bits per heavy atom. The Morgan fingerprint density at radius 1 is 0.359 bits per heavy atom. The molecule has 3 aromatic heterocycles. The van der Waals surface area contributed by atoms with Crippen molar-refractivity contribution in [1.82, 2.24) is 19.5 Å². The van der Waals surface area contributed by atoms with E-state index in [-0.39, 0.29) is 0 Å². The van der Waals surface area contributed by atoms with Gasteiger partial charge in [-0.25, -0.2) is 15.0 Å². The van der Waals surface area contributed by atoms with Gasteiger partial charge in [0.05, 0.1) is 34.0 Å². The topological polar surface area (TPSA) is 46.8 Å². The van der Waals surface area contributed by atoms with Gasteiger partial charge in [0.1, 0.15) is 5.82 Å². The molecular formula is C59H39N5. The van der Waals surface area contributed by atoms with Gasteiger partial charge in [0.2, 0.25) is 0 Å². The fourth-order valence-corrected chi connectivity index (χ4v) is 9.31. The van der Waals surface area contributed by atoms with Gasteiger partial charge >= 0.3 is 0 Å². The van der Waals surface area contributed by atoms with Crippen LogP contribution in [0.2, 0.25) is 0 Å². The minimum atomic E-state index is 0.685. The van der Waals surface area contributed by atoms with E-state index < -0.39 is 0 Å². The zero-order chi connectivity index (χ0) is 42.4. The first-order valence-electron chi connectivity index (χ1n) is 21.6. The molecule has 4 heterocycles. The third-order valence-corrected chi connectivity index (χ3v) is 12.2. The molecule has 0 aliphatic carbocycles. The molecule has 0 atom stereocenters. The maximum atomic E-state index is 5.20. The van der Waals surface area contributed by atoms with Crippen molar-refractivity contribution < 1.29 is 0 Å². The van der Waals surface area contributed by atoms with Crippen molar-refractivity contribution in [2.75, 3.05) is 4.90 Å². The van der Waals surface area contributed by atoms with Crippen LogP contribution in [0, 0.1) is 0 Å². The summed E-state index contributed by atoms with van der Waals surface area (Å²) < 4.78 is 2.36. The average Bonchev–Trinajstić information content (AvgIpc) is 3.66. The van der Waals surface area contributed by atoms with E-state index in [1.807, 2.05) is 18.3 Å². The summed E-state index contributed by atoms with van der Waals surface area (Å²) in [5, 5.41) is 1.18. The van der Waals surface area contributed by atoms with Crippen molar-refractivity contribution in [2.24, 2.45) is 0 Å². The van der Waals surface area contributed by atoms with Crippen LogP contribution in [0.25, 0.3) is 95.3 Å². The fraction of sp³-hybridized carbons (Fsp3) is 0. The van der Waals surface area contributed by atoms with Crippen LogP contribution in [-0.2, 0) is 0 Å². The molecule has 1 aliphatic rings. The molecule has 8 aromatic carbocycles. The molecule has 11 aromatic rings. The number of pyridine rings is 1. The van der Waals surface area contributed by atoms with E-state index in [1.54, 1.807) is 0 Å². The van der Waals surface area contributed by atoms with Crippen molar-refractivity contribution in [3.63, 3.8) is 0 Å². The highest BCUT2D eigenvalue weighted by atomic mass is 15.2. The standard InChI is InChI=1S/C59H39N5/c1-4-18-40(19-5-1)44-36-37-60-56(38-44)64-54-30-16-13-27-49(54)57-48-26-12-15-29-53(48)63(55-31-17-14-28-50(55)58(57)64)45-34-32-41(33-35-45)46-24-10-11-25-47(46)59-61-51(42-20-6-2-7-21-42)39-52(62-59)43-22-8-3-9-23-43/h1-39H. The summed E-state index contributed by atoms with van der Waals surface area (Å²) in [5.74, 6) is 1.56. The quantitative estimate of drug-likeness (QED) is 0.161. The Balaban J connectivity index is 1.00. The third kappa shape index (κ3) is 6.38. The normalized spacial score (nSPS) is 11.7. The second-order valence-corrected chi connectivity index (χ2v) is 16.0. The highest BCUT2D eigenvalue weighted by Gasteiger charge is 2.31. The number of rotatable bonds is 7. The van der Waals surface area contributed by atoms with Crippen LogP contribution in [-0.4, -0.2) is 19.5 Å². The predicted octanol–water partition coefficient (Wildman–Crippen LogP) is 15.3. The van der Waals surface area contributed by atoms with Gasteiger partial charge in [0, 0.05) is 50.7 Å². The molecule has 12 rings (SSSR count). The first-order valence-corrected chi connectivity index (χ1v) is 21.6. The van der Waals surface area contributed by atoms with E-state index >= 15 is 0 Å². The van der Waals surface area contributed by atoms with Crippen LogP contribution in [0.4, 0.5) is 17.1 Å². The summed E-state index contributed by atoms with van der Waals surface area (Å²) in [7, 11) is 0. The molecule has 0 amide bonds. The van der Waals surface area contributed by atoms with Crippen LogP contribution in [0.1, 0.15) is 0 Å². The largest absolute Gasteiger partial charge is 0.309 e. The van der Waals surface area contributed by atoms with Crippen molar-refractivity contribution >= 4 is 28.0 Å². The second kappa shape index (κ2) is 15.7. The van der Waals surface area contributed by atoms with E-state index in [1.165, 1.54) is 10.9 Å². The summed E-state index contributed by atoms with van der Waals surface area (Å²) in [6.07, 6.45) is 1.93. The number of hydrogen-bond donors (Lipinski definition) is 0. The number of fused-ring (bicyclic) bond motifs is 7. The summed E-state index contributed by atoms with van der Waals surface area (Å²) in [5.41, 5.74) is 18.2. The van der Waals surface area contributed by atoms with E-state index in [2.05, 4.69) is 228 Å². The Hall–Kier alpha value is -8.67. The second-order valence-electron chi connectivity index (χ2n) is 16.0. The van der Waals surface area contributed by atoms with Crippen LogP contribution < -0.4 is 4.90 Å². The molecule has 300 valence electrons. The van der Waals surface area contributed by atoms with Gasteiger partial charge in [0.25, 0.3) is 0 Å². The zero-order valence-electron chi connectivity index (χ0n) is 34.8. The Kier molecular flexibility index (Phi) is 9.08. The van der Waals surface area contributed by atoms with Crippen molar-refractivity contribution in [1.29, 1.82) is 0 Å². The highest BCUT2D eigenvalue weighted by molar-refractivity contribution is 6.13. The lowest BCUT2D eigenvalue weighted by Gasteiger charge is -2.27. The van der Waals surface area contributed by atoms with Gasteiger partial charge in [-0.1, -0.05) is 182 Å². The summed E-state index contributed by atoms with van der Waals surface area (Å²) >= 11 is 0. The Labute approximate surface area is 371 Å². The van der Waals surface area contributed by atoms with Crippen molar-refractivity contribution in [3.8, 4) is 84.4 Å². The Bertz CT molecular complexity index is 3430. The molecule has 0 bridgehead atoms. The maximum absolute atomic E-state index is 5.20. The number of anilines is 3. The van der Waals surface area contributed by atoms with Crippen LogP contribution >= 0.6 is 0 Å². The molecule has 0 spiro atoms. The molecule has 0 radical (unpaired) electrons. The zero-order valence-corrected chi connectivity index (χ0v) is 34.8. The van der Waals surface area contributed by atoms with Gasteiger partial charge in [-0.15, -0.1) is 0 Å². The molecule has 0 fully saturated rings. The maximum Gasteiger partial charge on any atom is 0.161 e. The van der Waals surface area contributed by atoms with Crippen molar-refractivity contribution in [3.05, 3.63) is 237 Å². The SMILES string of the molecule is c1ccc(-c2ccnc(-n3c4c(c5ccccc53)-c3ccccc3N(c3ccc(-c5ccccc5-c5nc(-c6ccccc6)cc(-c6ccccc6)n5)cc3)c3ccccc3-4)c2)cc1.